The summed E-state index contributed by atoms with van der Waals surface area (Å²) in [4.78, 5) is 0. The molecule has 0 aromatic heterocycles. The smallest absolute Gasteiger partial charge is 0.129 e. The third-order valence-electron chi connectivity index (χ3n) is 2.88. The minimum Gasteiger partial charge on any atom is -0.491 e. The van der Waals surface area contributed by atoms with Gasteiger partial charge in [0, 0.05) is 12.1 Å². The number of ether oxygens (including phenoxy) is 2. The Hall–Kier alpha value is -1.91. The Morgan fingerprint density at radius 2 is 1.65 bits per heavy atom. The molecule has 0 saturated carbocycles. The maximum absolute atomic E-state index is 13.6. The molecule has 0 amide bonds. The Morgan fingerprint density at radius 3 is 2.35 bits per heavy atom. The summed E-state index contributed by atoms with van der Waals surface area (Å²) in [6, 6.07) is 16.0. The quantitative estimate of drug-likeness (QED) is 0.790. The first-order chi connectivity index (χ1) is 9.81. The van der Waals surface area contributed by atoms with Crippen LogP contribution in [-0.4, -0.2) is 19.8 Å². The summed E-state index contributed by atoms with van der Waals surface area (Å²) in [6.45, 7) is 0.979. The Balaban J connectivity index is 1.81. The van der Waals surface area contributed by atoms with Gasteiger partial charge in [-0.05, 0) is 18.2 Å². The van der Waals surface area contributed by atoms with Crippen LogP contribution in [0.5, 0.6) is 5.75 Å². The number of halogens is 1. The third-order valence-corrected chi connectivity index (χ3v) is 2.88. The van der Waals surface area contributed by atoms with Gasteiger partial charge in [-0.2, -0.15) is 0 Å². The molecule has 2 rings (SSSR count). The molecule has 20 heavy (non-hydrogen) atoms. The van der Waals surface area contributed by atoms with Crippen molar-refractivity contribution in [3.05, 3.63) is 66.0 Å². The van der Waals surface area contributed by atoms with Gasteiger partial charge in [0.1, 0.15) is 18.2 Å². The lowest BCUT2D eigenvalue weighted by atomic mass is 10.1. The minimum atomic E-state index is -0.449. The molecule has 0 fully saturated rings. The van der Waals surface area contributed by atoms with Crippen molar-refractivity contribution in [3.63, 3.8) is 0 Å². The average Bonchev–Trinajstić information content (AvgIpc) is 2.50. The first-order valence-electron chi connectivity index (χ1n) is 6.55. The largest absolute Gasteiger partial charge is 0.491 e. The van der Waals surface area contributed by atoms with Crippen LogP contribution in [0.15, 0.2) is 54.6 Å². The molecule has 0 saturated heterocycles. The highest BCUT2D eigenvalue weighted by Gasteiger charge is 2.14. The van der Waals surface area contributed by atoms with Crippen LogP contribution in [0.1, 0.15) is 11.7 Å². The lowest BCUT2D eigenvalue weighted by Crippen LogP contribution is -2.19. The van der Waals surface area contributed by atoms with Crippen LogP contribution in [0.3, 0.4) is 0 Å². The van der Waals surface area contributed by atoms with E-state index in [0.717, 1.165) is 5.75 Å². The van der Waals surface area contributed by atoms with Crippen molar-refractivity contribution in [2.75, 3.05) is 19.8 Å². The summed E-state index contributed by atoms with van der Waals surface area (Å²) in [5.41, 5.74) is 6.12. The summed E-state index contributed by atoms with van der Waals surface area (Å²) in [5.74, 6) is 0.484. The van der Waals surface area contributed by atoms with Gasteiger partial charge in [-0.15, -0.1) is 0 Å². The van der Waals surface area contributed by atoms with Crippen molar-refractivity contribution in [1.82, 2.24) is 0 Å². The zero-order chi connectivity index (χ0) is 14.2. The van der Waals surface area contributed by atoms with Crippen LogP contribution in [-0.2, 0) is 4.74 Å². The SMILES string of the molecule is NCC(OCCOc1ccccc1)c1ccccc1F. The number of nitrogens with two attached hydrogens (primary N) is 1. The maximum atomic E-state index is 13.6. The first-order valence-corrected chi connectivity index (χ1v) is 6.55. The molecule has 3 nitrogen and oxygen atoms in total. The molecular weight excluding hydrogens is 257 g/mol. The molecule has 1 atom stereocenters. The van der Waals surface area contributed by atoms with Gasteiger partial charge in [-0.1, -0.05) is 36.4 Å². The van der Waals surface area contributed by atoms with E-state index in [0.29, 0.717) is 18.8 Å². The standard InChI is InChI=1S/C16H18FNO2/c17-15-9-5-4-8-14(15)16(12-18)20-11-10-19-13-6-2-1-3-7-13/h1-9,16H,10-12,18H2. The van der Waals surface area contributed by atoms with E-state index in [1.165, 1.54) is 6.07 Å². The topological polar surface area (TPSA) is 44.5 Å². The van der Waals surface area contributed by atoms with Crippen molar-refractivity contribution < 1.29 is 13.9 Å². The molecule has 0 spiro atoms. The van der Waals surface area contributed by atoms with Gasteiger partial charge in [0.15, 0.2) is 0 Å². The highest BCUT2D eigenvalue weighted by atomic mass is 19.1. The highest BCUT2D eigenvalue weighted by molar-refractivity contribution is 5.21. The van der Waals surface area contributed by atoms with Crippen LogP contribution in [0.4, 0.5) is 4.39 Å². The fourth-order valence-electron chi connectivity index (χ4n) is 1.89. The second-order valence-electron chi connectivity index (χ2n) is 4.28. The molecule has 2 aromatic carbocycles. The third kappa shape index (κ3) is 4.05. The Labute approximate surface area is 118 Å². The van der Waals surface area contributed by atoms with E-state index in [1.54, 1.807) is 18.2 Å². The zero-order valence-corrected chi connectivity index (χ0v) is 11.2. The number of para-hydroxylation sites is 1. The van der Waals surface area contributed by atoms with Gasteiger partial charge < -0.3 is 15.2 Å². The van der Waals surface area contributed by atoms with Gasteiger partial charge in [-0.25, -0.2) is 4.39 Å². The van der Waals surface area contributed by atoms with Gasteiger partial charge >= 0.3 is 0 Å². The van der Waals surface area contributed by atoms with E-state index in [4.69, 9.17) is 15.2 Å². The molecule has 1 unspecified atom stereocenters. The van der Waals surface area contributed by atoms with Crippen LogP contribution in [0.2, 0.25) is 0 Å². The lowest BCUT2D eigenvalue weighted by molar-refractivity contribution is 0.0361. The average molecular weight is 275 g/mol. The number of benzene rings is 2. The Bertz CT molecular complexity index is 519. The van der Waals surface area contributed by atoms with Gasteiger partial charge in [0.05, 0.1) is 12.7 Å². The normalized spacial score (nSPS) is 12.1. The van der Waals surface area contributed by atoms with Crippen LogP contribution < -0.4 is 10.5 Å². The van der Waals surface area contributed by atoms with Gasteiger partial charge in [0.2, 0.25) is 0 Å². The van der Waals surface area contributed by atoms with Crippen LogP contribution >= 0.6 is 0 Å². The van der Waals surface area contributed by atoms with Crippen molar-refractivity contribution in [1.29, 1.82) is 0 Å². The number of hydrogen-bond acceptors (Lipinski definition) is 3. The lowest BCUT2D eigenvalue weighted by Gasteiger charge is -2.17. The summed E-state index contributed by atoms with van der Waals surface area (Å²) in [7, 11) is 0. The Morgan fingerprint density at radius 1 is 0.950 bits per heavy atom. The monoisotopic (exact) mass is 275 g/mol. The molecule has 0 bridgehead atoms. The molecule has 2 N–H and O–H groups in total. The molecule has 2 aromatic rings. The second-order valence-corrected chi connectivity index (χ2v) is 4.28. The summed E-state index contributed by atoms with van der Waals surface area (Å²) < 4.78 is 24.7. The fraction of sp³-hybridized carbons (Fsp3) is 0.250. The van der Waals surface area contributed by atoms with E-state index in [1.807, 2.05) is 30.3 Å². The van der Waals surface area contributed by atoms with E-state index < -0.39 is 6.10 Å². The van der Waals surface area contributed by atoms with Crippen molar-refractivity contribution >= 4 is 0 Å². The minimum absolute atomic E-state index is 0.228. The molecule has 4 heteroatoms. The van der Waals surface area contributed by atoms with Crippen LogP contribution in [0.25, 0.3) is 0 Å². The van der Waals surface area contributed by atoms with Gasteiger partial charge in [0.25, 0.3) is 0 Å². The summed E-state index contributed by atoms with van der Waals surface area (Å²) >= 11 is 0. The van der Waals surface area contributed by atoms with Gasteiger partial charge in [-0.3, -0.25) is 0 Å². The van der Waals surface area contributed by atoms with E-state index >= 15 is 0 Å². The molecule has 0 heterocycles. The van der Waals surface area contributed by atoms with E-state index in [9.17, 15) is 4.39 Å². The molecule has 0 aliphatic rings. The predicted molar refractivity (Wildman–Crippen MR) is 76.1 cm³/mol. The van der Waals surface area contributed by atoms with E-state index in [2.05, 4.69) is 0 Å². The van der Waals surface area contributed by atoms with Crippen molar-refractivity contribution in [2.24, 2.45) is 5.73 Å². The predicted octanol–water partition coefficient (Wildman–Crippen LogP) is 2.92. The summed E-state index contributed by atoms with van der Waals surface area (Å²) in [5, 5.41) is 0. The van der Waals surface area contributed by atoms with Crippen LogP contribution in [0, 0.1) is 5.82 Å². The maximum Gasteiger partial charge on any atom is 0.129 e. The highest BCUT2D eigenvalue weighted by Crippen LogP contribution is 2.19. The number of rotatable bonds is 7. The second kappa shape index (κ2) is 7.62. The van der Waals surface area contributed by atoms with Crippen molar-refractivity contribution in [2.45, 2.75) is 6.10 Å². The fourth-order valence-corrected chi connectivity index (χ4v) is 1.89. The molecule has 0 radical (unpaired) electrons. The molecular formula is C16H18FNO2. The molecule has 0 aliphatic heterocycles. The molecule has 106 valence electrons. The first kappa shape index (κ1) is 14.5. The van der Waals surface area contributed by atoms with E-state index in [-0.39, 0.29) is 12.4 Å². The van der Waals surface area contributed by atoms with Crippen molar-refractivity contribution in [3.8, 4) is 5.75 Å². The number of hydrogen-bond donors (Lipinski definition) is 1. The zero-order valence-electron chi connectivity index (χ0n) is 11.2. The molecule has 0 aliphatic carbocycles. The Kier molecular flexibility index (Phi) is 5.53. The summed E-state index contributed by atoms with van der Waals surface area (Å²) in [6.07, 6.45) is -0.449.